The highest BCUT2D eigenvalue weighted by Gasteiger charge is 2.72. The summed E-state index contributed by atoms with van der Waals surface area (Å²) in [6.07, 6.45) is 3.69. The van der Waals surface area contributed by atoms with E-state index < -0.39 is 40.2 Å². The lowest BCUT2D eigenvalue weighted by Gasteiger charge is -2.68. The van der Waals surface area contributed by atoms with Crippen molar-refractivity contribution in [1.82, 2.24) is 0 Å². The minimum atomic E-state index is -1.03. The maximum Gasteiger partial charge on any atom is 0.309 e. The van der Waals surface area contributed by atoms with Gasteiger partial charge in [0.05, 0.1) is 45.0 Å². The van der Waals surface area contributed by atoms with Gasteiger partial charge in [0, 0.05) is 22.3 Å². The van der Waals surface area contributed by atoms with Crippen molar-refractivity contribution in [2.24, 2.45) is 22.7 Å². The molecule has 0 amide bonds. The Morgan fingerprint density at radius 2 is 1.94 bits per heavy atom. The van der Waals surface area contributed by atoms with Crippen LogP contribution in [0.25, 0.3) is 0 Å². The first kappa shape index (κ1) is 24.1. The van der Waals surface area contributed by atoms with Gasteiger partial charge in [-0.25, -0.2) is 0 Å². The van der Waals surface area contributed by atoms with Crippen molar-refractivity contribution in [2.45, 2.75) is 83.2 Å². The van der Waals surface area contributed by atoms with Gasteiger partial charge in [-0.1, -0.05) is 20.4 Å². The molecular weight excluding hydrogens is 452 g/mol. The number of carbonyl (C=O) groups is 3. The lowest BCUT2D eigenvalue weighted by Crippen LogP contribution is -2.71. The molecule has 1 spiro atoms. The molecule has 3 aliphatic heterocycles. The van der Waals surface area contributed by atoms with Gasteiger partial charge in [-0.3, -0.25) is 14.4 Å². The summed E-state index contributed by atoms with van der Waals surface area (Å²) >= 11 is 0. The average Bonchev–Trinajstić information content (AvgIpc) is 3.40. The molecule has 190 valence electrons. The van der Waals surface area contributed by atoms with E-state index in [0.29, 0.717) is 6.42 Å². The van der Waals surface area contributed by atoms with Gasteiger partial charge in [0.1, 0.15) is 17.3 Å². The van der Waals surface area contributed by atoms with Crippen LogP contribution in [0.5, 0.6) is 0 Å². The third kappa shape index (κ3) is 3.18. The Morgan fingerprint density at radius 3 is 2.54 bits per heavy atom. The molecule has 0 aromatic carbocycles. The van der Waals surface area contributed by atoms with Gasteiger partial charge >= 0.3 is 17.9 Å². The Labute approximate surface area is 205 Å². The summed E-state index contributed by atoms with van der Waals surface area (Å²) in [7, 11) is 1.35. The first-order valence-corrected chi connectivity index (χ1v) is 12.3. The fraction of sp³-hybridized carbons (Fsp3) is 0.667. The normalized spacial score (nSPS) is 42.1. The predicted octanol–water partition coefficient (Wildman–Crippen LogP) is 4.29. The van der Waals surface area contributed by atoms with Gasteiger partial charge in [-0.2, -0.15) is 0 Å². The average molecular weight is 487 g/mol. The van der Waals surface area contributed by atoms with Crippen molar-refractivity contribution < 1.29 is 37.7 Å². The van der Waals surface area contributed by atoms with E-state index in [1.807, 2.05) is 13.8 Å². The van der Waals surface area contributed by atoms with E-state index in [-0.39, 0.29) is 43.0 Å². The summed E-state index contributed by atoms with van der Waals surface area (Å²) in [5.41, 5.74) is -1.43. The molecule has 3 saturated heterocycles. The minimum Gasteiger partial charge on any atom is -0.472 e. The van der Waals surface area contributed by atoms with Crippen LogP contribution in [0.3, 0.4) is 0 Å². The van der Waals surface area contributed by atoms with Crippen molar-refractivity contribution in [3.63, 3.8) is 0 Å². The van der Waals surface area contributed by atoms with Crippen LogP contribution >= 0.6 is 0 Å². The first-order valence-electron chi connectivity index (χ1n) is 12.3. The molecular formula is C27H34O8. The summed E-state index contributed by atoms with van der Waals surface area (Å²) in [5, 5.41) is 0. The van der Waals surface area contributed by atoms with Crippen LogP contribution in [-0.2, 0) is 33.3 Å². The molecule has 1 aromatic heterocycles. The van der Waals surface area contributed by atoms with Gasteiger partial charge in [-0.05, 0) is 44.2 Å². The fourth-order valence-corrected chi connectivity index (χ4v) is 7.78. The molecule has 2 bridgehead atoms. The second kappa shape index (κ2) is 7.69. The molecule has 35 heavy (non-hydrogen) atoms. The monoisotopic (exact) mass is 486 g/mol. The Hall–Kier alpha value is -2.61. The molecule has 1 saturated carbocycles. The van der Waals surface area contributed by atoms with Gasteiger partial charge in [0.2, 0.25) is 0 Å². The lowest BCUT2D eigenvalue weighted by molar-refractivity contribution is -0.293. The molecule has 8 heteroatoms. The van der Waals surface area contributed by atoms with Gasteiger partial charge in [0.25, 0.3) is 0 Å². The highest BCUT2D eigenvalue weighted by atomic mass is 16.6. The Bertz CT molecular complexity index is 1070. The number of cyclic esters (lactones) is 2. The highest BCUT2D eigenvalue weighted by Crippen LogP contribution is 2.70. The quantitative estimate of drug-likeness (QED) is 0.353. The second-order valence-electron chi connectivity index (χ2n) is 11.6. The van der Waals surface area contributed by atoms with Crippen LogP contribution in [0.1, 0.15) is 71.5 Å². The number of furan rings is 1. The standard InChI is InChI=1S/C27H34O8/c1-15-17-7-9-25(4)23(16-8-10-32-14-16)33-22(30)13-27(15,25)34-19(12-20(28)31-6)26(17,5)18-11-21(29)35-24(18,2)3/h8,10,14,17-19,23H,1,7,9,11-13H2,2-6H3/t17-,18?,19-,23-,25-,26+,27-/m0/s1. The number of rotatable bonds is 4. The summed E-state index contributed by atoms with van der Waals surface area (Å²) in [6, 6.07) is 1.81. The van der Waals surface area contributed by atoms with Crippen molar-refractivity contribution >= 4 is 17.9 Å². The molecule has 1 aliphatic carbocycles. The number of hydrogen-bond acceptors (Lipinski definition) is 8. The van der Waals surface area contributed by atoms with Gasteiger partial charge < -0.3 is 23.4 Å². The van der Waals surface area contributed by atoms with Crippen LogP contribution in [0, 0.1) is 22.7 Å². The molecule has 4 fully saturated rings. The highest BCUT2D eigenvalue weighted by molar-refractivity contribution is 5.75. The molecule has 7 atom stereocenters. The molecule has 4 heterocycles. The van der Waals surface area contributed by atoms with Gasteiger partial charge in [-0.15, -0.1) is 0 Å². The van der Waals surface area contributed by atoms with Crippen molar-refractivity contribution in [1.29, 1.82) is 0 Å². The van der Waals surface area contributed by atoms with Crippen molar-refractivity contribution in [3.8, 4) is 0 Å². The molecule has 1 aromatic rings. The van der Waals surface area contributed by atoms with Crippen LogP contribution in [0.2, 0.25) is 0 Å². The lowest BCUT2D eigenvalue weighted by atomic mass is 9.45. The van der Waals surface area contributed by atoms with E-state index in [1.54, 1.807) is 18.6 Å². The second-order valence-corrected chi connectivity index (χ2v) is 11.6. The van der Waals surface area contributed by atoms with E-state index in [2.05, 4.69) is 20.4 Å². The third-order valence-corrected chi connectivity index (χ3v) is 9.59. The summed E-state index contributed by atoms with van der Waals surface area (Å²) in [6.45, 7) is 12.5. The number of methoxy groups -OCH3 is 1. The SMILES string of the molecule is C=C1[C@@H]2CC[C@@]3(C)[C@H](c4ccoc4)OC(=O)C[C@]13O[C@@H](CC(=O)OC)[C@@]2(C)C1CC(=O)OC1(C)C. The number of carbonyl (C=O) groups excluding carboxylic acids is 3. The maximum atomic E-state index is 13.0. The zero-order valence-corrected chi connectivity index (χ0v) is 21.1. The van der Waals surface area contributed by atoms with Gasteiger partial charge in [0.15, 0.2) is 0 Å². The summed E-state index contributed by atoms with van der Waals surface area (Å²) < 4.78 is 29.0. The topological polar surface area (TPSA) is 101 Å². The largest absolute Gasteiger partial charge is 0.472 e. The van der Waals surface area contributed by atoms with E-state index in [4.69, 9.17) is 23.4 Å². The maximum absolute atomic E-state index is 13.0. The molecule has 4 aliphatic rings. The summed E-state index contributed by atoms with van der Waals surface area (Å²) in [5.74, 6) is -1.34. The molecule has 1 unspecified atom stereocenters. The molecule has 8 nitrogen and oxygen atoms in total. The van der Waals surface area contributed by atoms with Crippen molar-refractivity contribution in [2.75, 3.05) is 7.11 Å². The Kier molecular flexibility index (Phi) is 5.30. The van der Waals surface area contributed by atoms with E-state index in [1.165, 1.54) is 7.11 Å². The zero-order valence-electron chi connectivity index (χ0n) is 21.1. The Morgan fingerprint density at radius 1 is 1.20 bits per heavy atom. The van der Waals surface area contributed by atoms with Crippen LogP contribution in [0.4, 0.5) is 0 Å². The Balaban J connectivity index is 1.65. The first-order chi connectivity index (χ1) is 16.4. The molecule has 5 rings (SSSR count). The van der Waals surface area contributed by atoms with E-state index in [9.17, 15) is 14.4 Å². The van der Waals surface area contributed by atoms with E-state index in [0.717, 1.165) is 17.6 Å². The predicted molar refractivity (Wildman–Crippen MR) is 123 cm³/mol. The number of hydrogen-bond donors (Lipinski definition) is 0. The number of ether oxygens (including phenoxy) is 4. The number of fused-ring (bicyclic) bond motifs is 1. The number of esters is 3. The van der Waals surface area contributed by atoms with Crippen molar-refractivity contribution in [3.05, 3.63) is 36.3 Å². The van der Waals surface area contributed by atoms with Crippen LogP contribution < -0.4 is 0 Å². The molecule has 0 radical (unpaired) electrons. The molecule has 0 N–H and O–H groups in total. The van der Waals surface area contributed by atoms with Crippen LogP contribution in [-0.4, -0.2) is 42.3 Å². The fourth-order valence-electron chi connectivity index (χ4n) is 7.78. The third-order valence-electron chi connectivity index (χ3n) is 9.59. The zero-order chi connectivity index (χ0) is 25.4. The summed E-state index contributed by atoms with van der Waals surface area (Å²) in [4.78, 5) is 38.1. The smallest absolute Gasteiger partial charge is 0.309 e. The minimum absolute atomic E-state index is 0.000799. The van der Waals surface area contributed by atoms with E-state index >= 15 is 0 Å². The van der Waals surface area contributed by atoms with Crippen LogP contribution in [0.15, 0.2) is 35.2 Å².